The maximum atomic E-state index is 12.6. The first-order valence-corrected chi connectivity index (χ1v) is 12.6. The molecule has 1 heterocycles. The predicted octanol–water partition coefficient (Wildman–Crippen LogP) is 4.57. The van der Waals surface area contributed by atoms with E-state index in [4.69, 9.17) is 8.92 Å². The first-order chi connectivity index (χ1) is 17.1. The number of aliphatic imine (C=N–C) groups is 1. The van der Waals surface area contributed by atoms with E-state index in [1.54, 1.807) is 12.1 Å². The number of nitro groups is 1. The second-order valence-corrected chi connectivity index (χ2v) is 10.1. The molecule has 0 radical (unpaired) electrons. The number of carbonyl (C=O) groups excluding carboxylic acids is 1. The number of hydrogen-bond donors (Lipinski definition) is 1. The first-order valence-electron chi connectivity index (χ1n) is 10.4. The number of nitro benzene ring substituents is 1. The lowest BCUT2D eigenvalue weighted by Gasteiger charge is -2.11. The summed E-state index contributed by atoms with van der Waals surface area (Å²) in [6.45, 7) is 1.97. The average Bonchev–Trinajstić information content (AvgIpc) is 3.19. The van der Waals surface area contributed by atoms with Gasteiger partial charge >= 0.3 is 10.1 Å². The fourth-order valence-corrected chi connectivity index (χ4v) is 4.89. The third-order valence-corrected chi connectivity index (χ3v) is 7.09. The van der Waals surface area contributed by atoms with E-state index in [0.717, 1.165) is 29.8 Å². The Balaban J connectivity index is 1.54. The molecule has 0 aliphatic carbocycles. The lowest BCUT2D eigenvalue weighted by molar-refractivity contribution is -0.384. The molecule has 0 unspecified atom stereocenters. The summed E-state index contributed by atoms with van der Waals surface area (Å²) in [7, 11) is -2.93. The van der Waals surface area contributed by atoms with Gasteiger partial charge in [-0.2, -0.15) is 8.42 Å². The zero-order chi connectivity index (χ0) is 25.9. The molecule has 36 heavy (non-hydrogen) atoms. The summed E-state index contributed by atoms with van der Waals surface area (Å²) in [6.07, 6.45) is 1.62. The van der Waals surface area contributed by atoms with E-state index in [0.29, 0.717) is 21.3 Å². The van der Waals surface area contributed by atoms with Crippen molar-refractivity contribution < 1.29 is 27.1 Å². The van der Waals surface area contributed by atoms with E-state index in [9.17, 15) is 23.3 Å². The number of aryl methyl sites for hydroxylation is 1. The molecule has 3 aromatic carbocycles. The highest BCUT2D eigenvalue weighted by Crippen LogP contribution is 2.34. The van der Waals surface area contributed by atoms with Gasteiger partial charge in [0.1, 0.15) is 4.90 Å². The van der Waals surface area contributed by atoms with E-state index >= 15 is 0 Å². The summed E-state index contributed by atoms with van der Waals surface area (Å²) < 4.78 is 35.7. The Labute approximate surface area is 210 Å². The van der Waals surface area contributed by atoms with Crippen molar-refractivity contribution in [2.75, 3.05) is 7.11 Å². The Morgan fingerprint density at radius 3 is 2.36 bits per heavy atom. The molecule has 0 aromatic heterocycles. The molecule has 0 atom stereocenters. The highest BCUT2D eigenvalue weighted by molar-refractivity contribution is 8.18. The van der Waals surface area contributed by atoms with Crippen LogP contribution in [-0.4, -0.2) is 31.5 Å². The number of benzene rings is 3. The molecule has 1 fully saturated rings. The van der Waals surface area contributed by atoms with E-state index in [2.05, 4.69) is 10.3 Å². The molecule has 1 saturated heterocycles. The van der Waals surface area contributed by atoms with Crippen molar-refractivity contribution in [1.82, 2.24) is 5.32 Å². The van der Waals surface area contributed by atoms with Gasteiger partial charge in [-0.1, -0.05) is 23.8 Å². The second kappa shape index (κ2) is 10.2. The van der Waals surface area contributed by atoms with E-state index in [1.165, 1.54) is 31.0 Å². The number of methoxy groups -OCH3 is 1. The summed E-state index contributed by atoms with van der Waals surface area (Å²) in [5, 5.41) is 14.0. The number of rotatable bonds is 7. The molecule has 1 aliphatic heterocycles. The lowest BCUT2D eigenvalue weighted by atomic mass is 10.2. The number of nitrogens with zero attached hydrogens (tertiary/aromatic N) is 2. The molecule has 184 valence electrons. The number of non-ortho nitro benzene ring substituents is 1. The van der Waals surface area contributed by atoms with Crippen molar-refractivity contribution in [2.24, 2.45) is 4.99 Å². The van der Waals surface area contributed by atoms with Crippen molar-refractivity contribution in [1.29, 1.82) is 0 Å². The van der Waals surface area contributed by atoms with Gasteiger partial charge in [-0.3, -0.25) is 14.9 Å². The van der Waals surface area contributed by atoms with Gasteiger partial charge in [0.2, 0.25) is 0 Å². The van der Waals surface area contributed by atoms with Crippen molar-refractivity contribution in [2.45, 2.75) is 11.8 Å². The molecular formula is C24H19N3O7S2. The highest BCUT2D eigenvalue weighted by Gasteiger charge is 2.25. The van der Waals surface area contributed by atoms with Crippen LogP contribution in [0.5, 0.6) is 11.5 Å². The van der Waals surface area contributed by atoms with Crippen molar-refractivity contribution in [3.05, 3.63) is 92.9 Å². The molecule has 0 saturated carbocycles. The van der Waals surface area contributed by atoms with Crippen LogP contribution in [0.3, 0.4) is 0 Å². The van der Waals surface area contributed by atoms with Gasteiger partial charge in [0, 0.05) is 12.1 Å². The van der Waals surface area contributed by atoms with Crippen LogP contribution in [0.1, 0.15) is 11.1 Å². The largest absolute Gasteiger partial charge is 0.493 e. The van der Waals surface area contributed by atoms with Crippen LogP contribution >= 0.6 is 11.8 Å². The van der Waals surface area contributed by atoms with E-state index in [1.807, 2.05) is 31.2 Å². The van der Waals surface area contributed by atoms with Gasteiger partial charge in [0.15, 0.2) is 16.7 Å². The Bertz CT molecular complexity index is 1500. The minimum Gasteiger partial charge on any atom is -0.493 e. The summed E-state index contributed by atoms with van der Waals surface area (Å²) in [5.41, 5.74) is 2.14. The minimum absolute atomic E-state index is 0.0804. The molecule has 12 heteroatoms. The number of carbonyl (C=O) groups is 1. The Morgan fingerprint density at radius 1 is 1.03 bits per heavy atom. The number of amidine groups is 1. The van der Waals surface area contributed by atoms with Crippen LogP contribution in [0.4, 0.5) is 11.4 Å². The Kier molecular flexibility index (Phi) is 7.08. The summed E-state index contributed by atoms with van der Waals surface area (Å²) in [4.78, 5) is 27.2. The standard InChI is InChI=1S/C24H19N3O7S2/c1-15-3-6-17(7-4-15)25-24-26-23(28)22(35-24)14-16-5-12-20(21(13-16)33-2)34-36(31,32)19-10-8-18(9-11-19)27(29)30/h3-14H,1-2H3,(H,25,26,28)/b22-14-. The zero-order valence-corrected chi connectivity index (χ0v) is 20.6. The SMILES string of the molecule is COc1cc(/C=C2\SC(=Nc3ccc(C)cc3)NC2=O)ccc1OS(=O)(=O)c1ccc([N+](=O)[O-])cc1. The summed E-state index contributed by atoms with van der Waals surface area (Å²) in [5.74, 6) is -0.277. The molecule has 0 bridgehead atoms. The quantitative estimate of drug-likeness (QED) is 0.205. The summed E-state index contributed by atoms with van der Waals surface area (Å²) >= 11 is 1.18. The van der Waals surface area contributed by atoms with Gasteiger partial charge in [0.25, 0.3) is 11.6 Å². The molecule has 1 N–H and O–H groups in total. The number of thioether (sulfide) groups is 1. The molecular weight excluding hydrogens is 506 g/mol. The fourth-order valence-electron chi connectivity index (χ4n) is 3.11. The third-order valence-electron chi connectivity index (χ3n) is 4.94. The number of nitrogens with one attached hydrogen (secondary N) is 1. The molecule has 1 amide bonds. The van der Waals surface area contributed by atoms with Crippen LogP contribution in [0.2, 0.25) is 0 Å². The Hall–Kier alpha value is -4.16. The van der Waals surface area contributed by atoms with Gasteiger partial charge in [-0.15, -0.1) is 0 Å². The highest BCUT2D eigenvalue weighted by atomic mass is 32.2. The van der Waals surface area contributed by atoms with Crippen LogP contribution in [-0.2, 0) is 14.9 Å². The number of hydrogen-bond acceptors (Lipinski definition) is 9. The average molecular weight is 526 g/mol. The minimum atomic E-state index is -4.27. The van der Waals surface area contributed by atoms with Crippen molar-refractivity contribution in [3.8, 4) is 11.5 Å². The number of amides is 1. The lowest BCUT2D eigenvalue weighted by Crippen LogP contribution is -2.19. The van der Waals surface area contributed by atoms with E-state index in [-0.39, 0.29) is 28.0 Å². The van der Waals surface area contributed by atoms with Crippen LogP contribution in [0, 0.1) is 17.0 Å². The van der Waals surface area contributed by atoms with Gasteiger partial charge in [0.05, 0.1) is 22.6 Å². The second-order valence-electron chi connectivity index (χ2n) is 7.52. The Morgan fingerprint density at radius 2 is 1.72 bits per heavy atom. The molecule has 4 rings (SSSR count). The van der Waals surface area contributed by atoms with Gasteiger partial charge in [-0.05, 0) is 66.7 Å². The molecule has 3 aromatic rings. The zero-order valence-electron chi connectivity index (χ0n) is 19.0. The van der Waals surface area contributed by atoms with Crippen LogP contribution in [0.25, 0.3) is 6.08 Å². The number of ether oxygens (including phenoxy) is 1. The maximum absolute atomic E-state index is 12.6. The first kappa shape index (κ1) is 24.9. The van der Waals surface area contributed by atoms with Crippen molar-refractivity contribution in [3.63, 3.8) is 0 Å². The normalized spacial score (nSPS) is 15.7. The van der Waals surface area contributed by atoms with Crippen LogP contribution in [0.15, 0.2) is 81.5 Å². The van der Waals surface area contributed by atoms with Gasteiger partial charge < -0.3 is 14.2 Å². The smallest absolute Gasteiger partial charge is 0.339 e. The molecule has 1 aliphatic rings. The predicted molar refractivity (Wildman–Crippen MR) is 136 cm³/mol. The maximum Gasteiger partial charge on any atom is 0.339 e. The molecule has 0 spiro atoms. The fraction of sp³-hybridized carbons (Fsp3) is 0.0833. The van der Waals surface area contributed by atoms with Gasteiger partial charge in [-0.25, -0.2) is 4.99 Å². The summed E-state index contributed by atoms with van der Waals surface area (Å²) in [6, 6.07) is 16.4. The molecule has 10 nitrogen and oxygen atoms in total. The monoisotopic (exact) mass is 525 g/mol. The van der Waals surface area contributed by atoms with E-state index < -0.39 is 15.0 Å². The van der Waals surface area contributed by atoms with Crippen molar-refractivity contribution >= 4 is 50.4 Å². The third kappa shape index (κ3) is 5.73. The topological polar surface area (TPSA) is 137 Å². The van der Waals surface area contributed by atoms with Crippen LogP contribution < -0.4 is 14.2 Å².